The fraction of sp³-hybridized carbons (Fsp3) is 0.929. The number of carbonyl (C=O) groups excluding carboxylic acids is 1. The van der Waals surface area contributed by atoms with E-state index in [1.165, 1.54) is 25.7 Å². The molecule has 3 heteroatoms. The Morgan fingerprint density at radius 1 is 1.24 bits per heavy atom. The summed E-state index contributed by atoms with van der Waals surface area (Å²) >= 11 is 0. The summed E-state index contributed by atoms with van der Waals surface area (Å²) in [5.41, 5.74) is 0. The van der Waals surface area contributed by atoms with Crippen molar-refractivity contribution in [3.8, 4) is 0 Å². The number of amides is 1. The van der Waals surface area contributed by atoms with Crippen LogP contribution in [0.3, 0.4) is 0 Å². The van der Waals surface area contributed by atoms with Crippen LogP contribution in [0.2, 0.25) is 0 Å². The molecule has 0 aromatic rings. The Morgan fingerprint density at radius 3 is 2.71 bits per heavy atom. The average Bonchev–Trinajstić information content (AvgIpc) is 2.38. The molecule has 0 bridgehead atoms. The molecule has 1 heterocycles. The zero-order valence-corrected chi connectivity index (χ0v) is 11.2. The molecule has 0 radical (unpaired) electrons. The Labute approximate surface area is 105 Å². The van der Waals surface area contributed by atoms with E-state index >= 15 is 0 Å². The van der Waals surface area contributed by atoms with Gasteiger partial charge in [-0.1, -0.05) is 19.8 Å². The lowest BCUT2D eigenvalue weighted by Gasteiger charge is -2.36. The van der Waals surface area contributed by atoms with E-state index in [0.717, 1.165) is 31.8 Å². The van der Waals surface area contributed by atoms with Crippen molar-refractivity contribution in [3.05, 3.63) is 0 Å². The molecule has 98 valence electrons. The summed E-state index contributed by atoms with van der Waals surface area (Å²) in [4.78, 5) is 14.4. The van der Waals surface area contributed by atoms with Gasteiger partial charge in [-0.3, -0.25) is 4.79 Å². The highest BCUT2D eigenvalue weighted by Gasteiger charge is 2.30. The summed E-state index contributed by atoms with van der Waals surface area (Å²) in [6.45, 7) is 4.27. The van der Waals surface area contributed by atoms with Crippen molar-refractivity contribution >= 4 is 5.91 Å². The van der Waals surface area contributed by atoms with Crippen molar-refractivity contribution in [1.82, 2.24) is 10.2 Å². The predicted octanol–water partition coefficient (Wildman–Crippen LogP) is 2.02. The molecular formula is C14H26N2O. The van der Waals surface area contributed by atoms with Gasteiger partial charge in [0, 0.05) is 19.6 Å². The molecule has 1 saturated carbocycles. The molecule has 1 aliphatic heterocycles. The second-order valence-electron chi connectivity index (χ2n) is 5.92. The van der Waals surface area contributed by atoms with Crippen molar-refractivity contribution < 1.29 is 4.79 Å². The van der Waals surface area contributed by atoms with Gasteiger partial charge in [0.25, 0.3) is 0 Å². The minimum absolute atomic E-state index is 0.228. The molecule has 2 rings (SSSR count). The lowest BCUT2D eigenvalue weighted by Crippen LogP contribution is -2.46. The quantitative estimate of drug-likeness (QED) is 0.798. The van der Waals surface area contributed by atoms with Crippen LogP contribution < -0.4 is 5.32 Å². The van der Waals surface area contributed by atoms with Crippen molar-refractivity contribution in [2.75, 3.05) is 20.1 Å². The van der Waals surface area contributed by atoms with E-state index in [1.807, 2.05) is 11.9 Å². The predicted molar refractivity (Wildman–Crippen MR) is 69.8 cm³/mol. The van der Waals surface area contributed by atoms with E-state index < -0.39 is 0 Å². The van der Waals surface area contributed by atoms with Crippen molar-refractivity contribution in [3.63, 3.8) is 0 Å². The molecular weight excluding hydrogens is 212 g/mol. The van der Waals surface area contributed by atoms with Gasteiger partial charge in [0.05, 0.1) is 5.92 Å². The highest BCUT2D eigenvalue weighted by Crippen LogP contribution is 2.28. The monoisotopic (exact) mass is 238 g/mol. The van der Waals surface area contributed by atoms with Crippen LogP contribution in [0.5, 0.6) is 0 Å². The summed E-state index contributed by atoms with van der Waals surface area (Å²) in [7, 11) is 2.01. The number of piperidine rings is 1. The fourth-order valence-electron chi connectivity index (χ4n) is 3.28. The minimum Gasteiger partial charge on any atom is -0.342 e. The molecule has 0 aromatic heterocycles. The van der Waals surface area contributed by atoms with Crippen LogP contribution in [-0.4, -0.2) is 37.0 Å². The number of rotatable bonds is 2. The first-order valence-corrected chi connectivity index (χ1v) is 7.16. The van der Waals surface area contributed by atoms with Crippen molar-refractivity contribution in [2.24, 2.45) is 11.8 Å². The van der Waals surface area contributed by atoms with Crippen LogP contribution >= 0.6 is 0 Å². The molecule has 2 fully saturated rings. The van der Waals surface area contributed by atoms with Gasteiger partial charge >= 0.3 is 0 Å². The van der Waals surface area contributed by atoms with E-state index in [1.54, 1.807) is 0 Å². The zero-order valence-electron chi connectivity index (χ0n) is 11.2. The first-order valence-electron chi connectivity index (χ1n) is 7.16. The largest absolute Gasteiger partial charge is 0.342 e. The van der Waals surface area contributed by atoms with E-state index in [9.17, 15) is 4.79 Å². The molecule has 3 atom stereocenters. The van der Waals surface area contributed by atoms with E-state index in [4.69, 9.17) is 0 Å². The molecule has 2 aliphatic rings. The molecule has 0 aromatic carbocycles. The number of nitrogens with zero attached hydrogens (tertiary/aromatic N) is 1. The summed E-state index contributed by atoms with van der Waals surface area (Å²) < 4.78 is 0. The fourth-order valence-corrected chi connectivity index (χ4v) is 3.28. The molecule has 17 heavy (non-hydrogen) atoms. The van der Waals surface area contributed by atoms with Gasteiger partial charge in [-0.05, 0) is 38.1 Å². The van der Waals surface area contributed by atoms with E-state index in [2.05, 4.69) is 12.2 Å². The van der Waals surface area contributed by atoms with Gasteiger partial charge in [-0.15, -0.1) is 0 Å². The number of nitrogens with one attached hydrogen (secondary N) is 1. The Kier molecular flexibility index (Phi) is 4.43. The highest BCUT2D eigenvalue weighted by atomic mass is 16.2. The maximum Gasteiger partial charge on any atom is 0.226 e. The Balaban J connectivity index is 1.89. The third-order valence-electron chi connectivity index (χ3n) is 4.45. The third-order valence-corrected chi connectivity index (χ3v) is 4.45. The second-order valence-corrected chi connectivity index (χ2v) is 5.92. The van der Waals surface area contributed by atoms with Gasteiger partial charge < -0.3 is 10.2 Å². The standard InChI is InChI=1S/C14H26N2O/c1-11-5-3-7-13(9-11)16(2)14(17)12-6-4-8-15-10-12/h11-13,15H,3-10H2,1-2H3. The first kappa shape index (κ1) is 12.9. The van der Waals surface area contributed by atoms with Gasteiger partial charge in [-0.25, -0.2) is 0 Å². The minimum atomic E-state index is 0.228. The summed E-state index contributed by atoms with van der Waals surface area (Å²) in [6, 6.07) is 0.494. The van der Waals surface area contributed by atoms with Gasteiger partial charge in [0.15, 0.2) is 0 Å². The lowest BCUT2D eigenvalue weighted by molar-refractivity contribution is -0.137. The highest BCUT2D eigenvalue weighted by molar-refractivity contribution is 5.79. The molecule has 0 spiro atoms. The van der Waals surface area contributed by atoms with E-state index in [0.29, 0.717) is 11.9 Å². The number of hydrogen-bond acceptors (Lipinski definition) is 2. The van der Waals surface area contributed by atoms with Gasteiger partial charge in [-0.2, -0.15) is 0 Å². The smallest absolute Gasteiger partial charge is 0.226 e. The molecule has 3 nitrogen and oxygen atoms in total. The third kappa shape index (κ3) is 3.21. The van der Waals surface area contributed by atoms with Crippen LogP contribution in [0.25, 0.3) is 0 Å². The van der Waals surface area contributed by atoms with Crippen LogP contribution in [0.1, 0.15) is 45.4 Å². The Bertz CT molecular complexity index is 261. The maximum atomic E-state index is 12.4. The van der Waals surface area contributed by atoms with Crippen molar-refractivity contribution in [2.45, 2.75) is 51.5 Å². The topological polar surface area (TPSA) is 32.3 Å². The summed E-state index contributed by atoms with van der Waals surface area (Å²) in [5, 5.41) is 3.33. The molecule has 1 N–H and O–H groups in total. The van der Waals surface area contributed by atoms with Gasteiger partial charge in [0.2, 0.25) is 5.91 Å². The molecule has 1 saturated heterocycles. The number of hydrogen-bond donors (Lipinski definition) is 1. The van der Waals surface area contributed by atoms with Crippen molar-refractivity contribution in [1.29, 1.82) is 0 Å². The van der Waals surface area contributed by atoms with Crippen LogP contribution in [0.4, 0.5) is 0 Å². The Morgan fingerprint density at radius 2 is 2.06 bits per heavy atom. The lowest BCUT2D eigenvalue weighted by atomic mass is 9.85. The zero-order chi connectivity index (χ0) is 12.3. The molecule has 1 amide bonds. The summed E-state index contributed by atoms with van der Waals surface area (Å²) in [5.74, 6) is 1.38. The van der Waals surface area contributed by atoms with Gasteiger partial charge in [0.1, 0.15) is 0 Å². The second kappa shape index (κ2) is 5.85. The van der Waals surface area contributed by atoms with E-state index in [-0.39, 0.29) is 5.92 Å². The first-order chi connectivity index (χ1) is 8.18. The number of carbonyl (C=O) groups is 1. The summed E-state index contributed by atoms with van der Waals surface area (Å²) in [6.07, 6.45) is 7.23. The van der Waals surface area contributed by atoms with Crippen LogP contribution in [0.15, 0.2) is 0 Å². The maximum absolute atomic E-state index is 12.4. The normalized spacial score (nSPS) is 34.4. The van der Waals surface area contributed by atoms with Crippen LogP contribution in [-0.2, 0) is 4.79 Å². The van der Waals surface area contributed by atoms with Crippen LogP contribution in [0, 0.1) is 11.8 Å². The molecule has 3 unspecified atom stereocenters. The average molecular weight is 238 g/mol. The Hall–Kier alpha value is -0.570. The molecule has 1 aliphatic carbocycles. The SMILES string of the molecule is CC1CCCC(N(C)C(=O)C2CCCNC2)C1.